The number of β-amino-alcohol motifs (C(OH)–C–C–N with tert-alkyl or cyclic N) is 1. The Labute approximate surface area is 144 Å². The number of carbonyl (C=O) groups is 1. The number of aliphatic hydroxyl groups excluding tert-OH is 1. The first kappa shape index (κ1) is 16.8. The van der Waals surface area contributed by atoms with Gasteiger partial charge in [-0.1, -0.05) is 0 Å². The molecule has 1 amide bonds. The molecule has 0 bridgehead atoms. The molecule has 2 N–H and O–H groups in total. The Balaban J connectivity index is 1.55. The van der Waals surface area contributed by atoms with Crippen molar-refractivity contribution >= 4 is 23.1 Å². The smallest absolute Gasteiger partial charge is 0.225 e. The fourth-order valence-electron chi connectivity index (χ4n) is 2.90. The number of aromatic nitrogens is 3. The molecule has 1 aliphatic heterocycles. The second-order valence-corrected chi connectivity index (χ2v) is 7.25. The Kier molecular flexibility index (Phi) is 5.06. The van der Waals surface area contributed by atoms with Crippen LogP contribution in [0.2, 0.25) is 0 Å². The van der Waals surface area contributed by atoms with E-state index in [9.17, 15) is 9.90 Å². The van der Waals surface area contributed by atoms with Crippen LogP contribution in [0.5, 0.6) is 0 Å². The average Bonchev–Trinajstić information content (AvgIpc) is 2.87. The van der Waals surface area contributed by atoms with Gasteiger partial charge in [0, 0.05) is 30.4 Å². The van der Waals surface area contributed by atoms with Crippen LogP contribution in [-0.4, -0.2) is 51.2 Å². The van der Waals surface area contributed by atoms with E-state index >= 15 is 0 Å². The van der Waals surface area contributed by atoms with Crippen LogP contribution in [0.25, 0.3) is 0 Å². The third-order valence-electron chi connectivity index (χ3n) is 4.12. The van der Waals surface area contributed by atoms with Gasteiger partial charge < -0.3 is 15.3 Å². The number of aliphatic hydroxyl groups is 1. The van der Waals surface area contributed by atoms with E-state index in [-0.39, 0.29) is 11.9 Å². The molecule has 3 rings (SSSR count). The van der Waals surface area contributed by atoms with Crippen molar-refractivity contribution in [3.05, 3.63) is 34.2 Å². The maximum absolute atomic E-state index is 12.3. The predicted molar refractivity (Wildman–Crippen MR) is 92.1 cm³/mol. The zero-order valence-corrected chi connectivity index (χ0v) is 14.6. The lowest BCUT2D eigenvalue weighted by molar-refractivity contribution is -0.122. The second kappa shape index (κ2) is 7.23. The highest BCUT2D eigenvalue weighted by atomic mass is 32.1. The molecule has 0 radical (unpaired) electrons. The van der Waals surface area contributed by atoms with Crippen LogP contribution in [-0.2, 0) is 11.2 Å². The number of aryl methyl sites for hydroxylation is 2. The molecule has 1 aliphatic rings. The summed E-state index contributed by atoms with van der Waals surface area (Å²) < 4.78 is 0. The Morgan fingerprint density at radius 3 is 2.92 bits per heavy atom. The molecule has 2 aromatic rings. The van der Waals surface area contributed by atoms with Gasteiger partial charge in [-0.05, 0) is 20.3 Å². The number of hydrogen-bond acceptors (Lipinski definition) is 7. The Morgan fingerprint density at radius 2 is 2.29 bits per heavy atom. The second-order valence-electron chi connectivity index (χ2n) is 5.96. The molecule has 0 unspecified atom stereocenters. The van der Waals surface area contributed by atoms with Crippen molar-refractivity contribution in [1.82, 2.24) is 20.3 Å². The van der Waals surface area contributed by atoms with Gasteiger partial charge in [0.05, 0.1) is 35.5 Å². The lowest BCUT2D eigenvalue weighted by Crippen LogP contribution is -2.54. The van der Waals surface area contributed by atoms with E-state index in [0.29, 0.717) is 19.4 Å². The Hall–Kier alpha value is -2.06. The minimum atomic E-state index is -0.631. The molecule has 2 atom stereocenters. The van der Waals surface area contributed by atoms with Crippen molar-refractivity contribution in [2.75, 3.05) is 18.0 Å². The van der Waals surface area contributed by atoms with E-state index in [4.69, 9.17) is 0 Å². The number of thiazole rings is 1. The van der Waals surface area contributed by atoms with Crippen molar-refractivity contribution in [2.24, 2.45) is 0 Å². The van der Waals surface area contributed by atoms with E-state index in [1.165, 1.54) is 0 Å². The van der Waals surface area contributed by atoms with Crippen LogP contribution < -0.4 is 10.2 Å². The lowest BCUT2D eigenvalue weighted by Gasteiger charge is -2.36. The lowest BCUT2D eigenvalue weighted by atomic mass is 10.0. The van der Waals surface area contributed by atoms with Crippen molar-refractivity contribution in [2.45, 2.75) is 38.8 Å². The highest BCUT2D eigenvalue weighted by Crippen LogP contribution is 2.19. The number of anilines is 1. The topological polar surface area (TPSA) is 91.2 Å². The monoisotopic (exact) mass is 347 g/mol. The maximum Gasteiger partial charge on any atom is 0.225 e. The molecule has 24 heavy (non-hydrogen) atoms. The minimum absolute atomic E-state index is 0.0706. The summed E-state index contributed by atoms with van der Waals surface area (Å²) in [5.74, 6) is 0.677. The van der Waals surface area contributed by atoms with Crippen molar-refractivity contribution < 1.29 is 9.90 Å². The molecule has 7 nitrogen and oxygen atoms in total. The first-order valence-corrected chi connectivity index (χ1v) is 8.76. The van der Waals surface area contributed by atoms with E-state index in [1.807, 2.05) is 18.7 Å². The maximum atomic E-state index is 12.3. The molecular weight excluding hydrogens is 326 g/mol. The van der Waals surface area contributed by atoms with Crippen molar-refractivity contribution in [3.63, 3.8) is 0 Å². The first-order valence-electron chi connectivity index (χ1n) is 7.94. The van der Waals surface area contributed by atoms with Gasteiger partial charge in [0.1, 0.15) is 5.82 Å². The summed E-state index contributed by atoms with van der Waals surface area (Å²) >= 11 is 1.55. The fraction of sp³-hybridized carbons (Fsp3) is 0.500. The molecular formula is C16H21N5O2S. The summed E-state index contributed by atoms with van der Waals surface area (Å²) in [6.07, 6.45) is 5.29. The number of hydrogen-bond donors (Lipinski definition) is 2. The van der Waals surface area contributed by atoms with Gasteiger partial charge in [-0.15, -0.1) is 11.3 Å². The summed E-state index contributed by atoms with van der Waals surface area (Å²) in [6, 6.07) is -0.236. The number of nitrogens with zero attached hydrogens (tertiary/aromatic N) is 4. The van der Waals surface area contributed by atoms with Crippen molar-refractivity contribution in [3.8, 4) is 0 Å². The Bertz CT molecular complexity index is 706. The first-order chi connectivity index (χ1) is 11.5. The summed E-state index contributed by atoms with van der Waals surface area (Å²) in [6.45, 7) is 5.01. The molecule has 8 heteroatoms. The highest BCUT2D eigenvalue weighted by molar-refractivity contribution is 7.11. The molecule has 0 saturated carbocycles. The molecule has 1 saturated heterocycles. The molecule has 0 aromatic carbocycles. The summed E-state index contributed by atoms with van der Waals surface area (Å²) in [7, 11) is 0. The Morgan fingerprint density at radius 1 is 1.46 bits per heavy atom. The molecule has 0 aliphatic carbocycles. The fourth-order valence-corrected chi connectivity index (χ4v) is 3.84. The van der Waals surface area contributed by atoms with Gasteiger partial charge in [0.25, 0.3) is 0 Å². The van der Waals surface area contributed by atoms with E-state index in [1.54, 1.807) is 29.9 Å². The normalized spacial score (nSPS) is 20.9. The van der Waals surface area contributed by atoms with Crippen LogP contribution in [0, 0.1) is 13.8 Å². The third-order valence-corrected chi connectivity index (χ3v) is 5.20. The summed E-state index contributed by atoms with van der Waals surface area (Å²) in [5.41, 5.74) is 0.908. The van der Waals surface area contributed by atoms with Crippen molar-refractivity contribution in [1.29, 1.82) is 0 Å². The van der Waals surface area contributed by atoms with Crippen LogP contribution in [0.1, 0.15) is 22.0 Å². The van der Waals surface area contributed by atoms with Gasteiger partial charge in [0.2, 0.25) is 5.91 Å². The van der Waals surface area contributed by atoms with E-state index < -0.39 is 6.10 Å². The summed E-state index contributed by atoms with van der Waals surface area (Å²) in [5, 5.41) is 14.3. The average molecular weight is 347 g/mol. The molecule has 1 fully saturated rings. The summed E-state index contributed by atoms with van der Waals surface area (Å²) in [4.78, 5) is 27.9. The van der Waals surface area contributed by atoms with Crippen LogP contribution in [0.15, 0.2) is 18.6 Å². The zero-order chi connectivity index (χ0) is 17.1. The van der Waals surface area contributed by atoms with Gasteiger partial charge >= 0.3 is 0 Å². The van der Waals surface area contributed by atoms with E-state index in [0.717, 1.165) is 27.9 Å². The van der Waals surface area contributed by atoms with Gasteiger partial charge in [-0.3, -0.25) is 9.78 Å². The SMILES string of the molecule is Cc1nc(C)c(CC(=O)N[C@H]2CCN(c3cnccn3)C[C@@H]2O)s1. The van der Waals surface area contributed by atoms with E-state index in [2.05, 4.69) is 20.3 Å². The highest BCUT2D eigenvalue weighted by Gasteiger charge is 2.29. The van der Waals surface area contributed by atoms with Gasteiger partial charge in [0.15, 0.2) is 0 Å². The van der Waals surface area contributed by atoms with Crippen LogP contribution in [0.4, 0.5) is 5.82 Å². The number of nitrogens with one attached hydrogen (secondary N) is 1. The number of piperidine rings is 1. The zero-order valence-electron chi connectivity index (χ0n) is 13.8. The molecule has 128 valence electrons. The number of amides is 1. The predicted octanol–water partition coefficient (Wildman–Crippen LogP) is 0.848. The van der Waals surface area contributed by atoms with Crippen LogP contribution in [0.3, 0.4) is 0 Å². The molecule has 2 aromatic heterocycles. The van der Waals surface area contributed by atoms with Gasteiger partial charge in [-0.25, -0.2) is 9.97 Å². The van der Waals surface area contributed by atoms with Crippen LogP contribution >= 0.6 is 11.3 Å². The third kappa shape index (κ3) is 3.88. The largest absolute Gasteiger partial charge is 0.389 e. The standard InChI is InChI=1S/C16H21N5O2S/c1-10-14(24-11(2)19-10)7-16(23)20-12-3-6-21(9-13(12)22)15-8-17-4-5-18-15/h4-5,8,12-13,22H,3,6-7,9H2,1-2H3,(H,20,23)/t12-,13-/m0/s1. The van der Waals surface area contributed by atoms with Gasteiger partial charge in [-0.2, -0.15) is 0 Å². The quantitative estimate of drug-likeness (QED) is 0.852. The number of rotatable bonds is 4. The molecule has 0 spiro atoms. The molecule has 3 heterocycles. The number of carbonyl (C=O) groups excluding carboxylic acids is 1. The minimum Gasteiger partial charge on any atom is -0.389 e.